The predicted octanol–water partition coefficient (Wildman–Crippen LogP) is 2.76. The molecule has 0 radical (unpaired) electrons. The van der Waals surface area contributed by atoms with Gasteiger partial charge in [-0.25, -0.2) is 14.4 Å². The number of nitro benzene ring substituents is 1. The number of rotatable bonds is 5. The molecule has 0 aliphatic carbocycles. The average molecular weight is 384 g/mol. The zero-order chi connectivity index (χ0) is 20.4. The number of carbonyl (C=O) groups is 1. The number of aromatic nitrogens is 2. The van der Waals surface area contributed by atoms with Crippen LogP contribution in [0.2, 0.25) is 0 Å². The second kappa shape index (κ2) is 7.65. The van der Waals surface area contributed by atoms with Gasteiger partial charge in [0.25, 0.3) is 11.6 Å². The fraction of sp³-hybridized carbons (Fsp3) is 0.211. The van der Waals surface area contributed by atoms with Gasteiger partial charge in [0.05, 0.1) is 33.5 Å². The third-order valence-electron chi connectivity index (χ3n) is 4.34. The number of carbonyl (C=O) groups excluding carboxylic acids is 1. The molecule has 0 saturated carbocycles. The van der Waals surface area contributed by atoms with Crippen LogP contribution in [0.4, 0.5) is 10.1 Å². The first-order chi connectivity index (χ1) is 13.3. The quantitative estimate of drug-likeness (QED) is 0.516. The third kappa shape index (κ3) is 3.94. The van der Waals surface area contributed by atoms with Crippen molar-refractivity contribution in [3.8, 4) is 0 Å². The minimum absolute atomic E-state index is 0.0153. The van der Waals surface area contributed by atoms with Gasteiger partial charge in [-0.3, -0.25) is 14.9 Å². The van der Waals surface area contributed by atoms with E-state index in [0.29, 0.717) is 17.0 Å². The fourth-order valence-corrected chi connectivity index (χ4v) is 2.69. The van der Waals surface area contributed by atoms with Crippen molar-refractivity contribution < 1.29 is 19.2 Å². The molecular formula is C19H17FN4O4. The Morgan fingerprint density at radius 2 is 1.86 bits per heavy atom. The molecule has 0 saturated heterocycles. The molecule has 0 spiro atoms. The lowest BCUT2D eigenvalue weighted by Gasteiger charge is -2.13. The van der Waals surface area contributed by atoms with Crippen molar-refractivity contribution >= 4 is 22.6 Å². The lowest BCUT2D eigenvalue weighted by Crippen LogP contribution is -2.29. The van der Waals surface area contributed by atoms with Gasteiger partial charge in [0.1, 0.15) is 11.3 Å². The van der Waals surface area contributed by atoms with E-state index in [1.54, 1.807) is 13.8 Å². The van der Waals surface area contributed by atoms with Gasteiger partial charge in [0, 0.05) is 24.7 Å². The predicted molar refractivity (Wildman–Crippen MR) is 99.4 cm³/mol. The Labute approximate surface area is 159 Å². The number of benzene rings is 2. The molecule has 8 nitrogen and oxygen atoms in total. The van der Waals surface area contributed by atoms with Gasteiger partial charge in [0.15, 0.2) is 0 Å². The molecule has 0 aliphatic rings. The van der Waals surface area contributed by atoms with Crippen LogP contribution in [0.5, 0.6) is 0 Å². The first kappa shape index (κ1) is 19.3. The second-order valence-corrected chi connectivity index (χ2v) is 6.29. The molecule has 1 amide bonds. The summed E-state index contributed by atoms with van der Waals surface area (Å²) in [5.74, 6) is -1.23. The van der Waals surface area contributed by atoms with Crippen LogP contribution in [0.1, 0.15) is 33.4 Å². The summed E-state index contributed by atoms with van der Waals surface area (Å²) in [6.07, 6.45) is -1.08. The Bertz CT molecular complexity index is 1070. The smallest absolute Gasteiger partial charge is 0.269 e. The summed E-state index contributed by atoms with van der Waals surface area (Å²) in [5.41, 5.74) is 2.12. The van der Waals surface area contributed by atoms with Crippen molar-refractivity contribution in [3.05, 3.63) is 74.8 Å². The summed E-state index contributed by atoms with van der Waals surface area (Å²) in [6.45, 7) is 3.32. The van der Waals surface area contributed by atoms with Crippen LogP contribution in [0.25, 0.3) is 11.0 Å². The van der Waals surface area contributed by atoms with Gasteiger partial charge < -0.3 is 10.4 Å². The number of amides is 1. The van der Waals surface area contributed by atoms with E-state index < -0.39 is 22.8 Å². The molecule has 0 bridgehead atoms. The molecule has 144 valence electrons. The van der Waals surface area contributed by atoms with E-state index in [1.807, 2.05) is 0 Å². The molecule has 2 N–H and O–H groups in total. The van der Waals surface area contributed by atoms with Crippen molar-refractivity contribution in [1.82, 2.24) is 15.3 Å². The maximum absolute atomic E-state index is 13.9. The van der Waals surface area contributed by atoms with Gasteiger partial charge in [-0.1, -0.05) is 0 Å². The Kier molecular flexibility index (Phi) is 5.27. The van der Waals surface area contributed by atoms with Crippen LogP contribution in [-0.2, 0) is 0 Å². The molecule has 1 aromatic heterocycles. The second-order valence-electron chi connectivity index (χ2n) is 6.29. The van der Waals surface area contributed by atoms with E-state index in [1.165, 1.54) is 30.3 Å². The van der Waals surface area contributed by atoms with Crippen molar-refractivity contribution in [2.45, 2.75) is 20.0 Å². The Hall–Kier alpha value is -3.46. The van der Waals surface area contributed by atoms with Crippen molar-refractivity contribution in [1.29, 1.82) is 0 Å². The Morgan fingerprint density at radius 3 is 2.50 bits per heavy atom. The highest BCUT2D eigenvalue weighted by atomic mass is 19.1. The lowest BCUT2D eigenvalue weighted by molar-refractivity contribution is -0.384. The van der Waals surface area contributed by atoms with Crippen LogP contribution >= 0.6 is 0 Å². The minimum Gasteiger partial charge on any atom is -0.387 e. The van der Waals surface area contributed by atoms with E-state index >= 15 is 0 Å². The number of hydrogen-bond donors (Lipinski definition) is 2. The number of aryl methyl sites for hydroxylation is 2. The summed E-state index contributed by atoms with van der Waals surface area (Å²) >= 11 is 0. The standard InChI is InChI=1S/C19H17FN4O4/c1-10-11(2)23-18-15(7-13(20)8-16(18)22-10)19(26)21-9-17(25)12-3-5-14(6-4-12)24(27)28/h3-8,17,25H,9H2,1-2H3,(H,21,26)/t17-/m0/s1. The van der Waals surface area contributed by atoms with E-state index in [0.717, 1.165) is 6.07 Å². The van der Waals surface area contributed by atoms with Gasteiger partial charge >= 0.3 is 0 Å². The number of hydrogen-bond acceptors (Lipinski definition) is 6. The van der Waals surface area contributed by atoms with Crippen molar-refractivity contribution in [3.63, 3.8) is 0 Å². The van der Waals surface area contributed by atoms with E-state index in [9.17, 15) is 24.4 Å². The maximum Gasteiger partial charge on any atom is 0.269 e. The maximum atomic E-state index is 13.9. The number of nitrogens with zero attached hydrogens (tertiary/aromatic N) is 3. The van der Waals surface area contributed by atoms with Crippen LogP contribution in [0, 0.1) is 29.8 Å². The molecule has 0 unspecified atom stereocenters. The minimum atomic E-state index is -1.08. The number of aliphatic hydroxyl groups is 1. The largest absolute Gasteiger partial charge is 0.387 e. The normalized spacial score (nSPS) is 12.0. The van der Waals surface area contributed by atoms with E-state index in [4.69, 9.17) is 0 Å². The van der Waals surface area contributed by atoms with Gasteiger partial charge in [-0.2, -0.15) is 0 Å². The molecular weight excluding hydrogens is 367 g/mol. The van der Waals surface area contributed by atoms with Crippen molar-refractivity contribution in [2.75, 3.05) is 6.54 Å². The number of fused-ring (bicyclic) bond motifs is 1. The van der Waals surface area contributed by atoms with Crippen LogP contribution in [0.3, 0.4) is 0 Å². The van der Waals surface area contributed by atoms with Crippen LogP contribution in [0.15, 0.2) is 36.4 Å². The zero-order valence-corrected chi connectivity index (χ0v) is 15.1. The summed E-state index contributed by atoms with van der Waals surface area (Å²) in [4.78, 5) is 31.3. The number of aliphatic hydroxyl groups excluding tert-OH is 1. The average Bonchev–Trinajstić information content (AvgIpc) is 2.66. The number of nitro groups is 1. The summed E-state index contributed by atoms with van der Waals surface area (Å²) < 4.78 is 13.9. The molecule has 1 atom stereocenters. The summed E-state index contributed by atoms with van der Waals surface area (Å²) in [5, 5.41) is 23.4. The van der Waals surface area contributed by atoms with Crippen molar-refractivity contribution in [2.24, 2.45) is 0 Å². The molecule has 2 aromatic carbocycles. The third-order valence-corrected chi connectivity index (χ3v) is 4.34. The van der Waals surface area contributed by atoms with Gasteiger partial charge in [-0.05, 0) is 37.6 Å². The molecule has 28 heavy (non-hydrogen) atoms. The van der Waals surface area contributed by atoms with Crippen LogP contribution in [-0.4, -0.2) is 32.4 Å². The van der Waals surface area contributed by atoms with Gasteiger partial charge in [-0.15, -0.1) is 0 Å². The molecule has 0 fully saturated rings. The Morgan fingerprint density at radius 1 is 1.21 bits per heavy atom. The summed E-state index contributed by atoms with van der Waals surface area (Å²) in [6, 6.07) is 7.62. The van der Waals surface area contributed by atoms with E-state index in [-0.39, 0.29) is 28.8 Å². The molecule has 9 heteroatoms. The SMILES string of the molecule is Cc1nc2cc(F)cc(C(=O)NC[C@H](O)c3ccc([N+](=O)[O-])cc3)c2nc1C. The number of non-ortho nitro benzene ring substituents is 1. The Balaban J connectivity index is 1.79. The number of nitrogens with one attached hydrogen (secondary N) is 1. The molecule has 3 rings (SSSR count). The molecule has 0 aliphatic heterocycles. The monoisotopic (exact) mass is 384 g/mol. The molecule has 1 heterocycles. The first-order valence-electron chi connectivity index (χ1n) is 8.41. The van der Waals surface area contributed by atoms with E-state index in [2.05, 4.69) is 15.3 Å². The zero-order valence-electron chi connectivity index (χ0n) is 15.1. The number of halogens is 1. The van der Waals surface area contributed by atoms with Gasteiger partial charge in [0.2, 0.25) is 0 Å². The first-order valence-corrected chi connectivity index (χ1v) is 8.41. The summed E-state index contributed by atoms with van der Waals surface area (Å²) in [7, 11) is 0. The highest BCUT2D eigenvalue weighted by Crippen LogP contribution is 2.20. The fourth-order valence-electron chi connectivity index (χ4n) is 2.69. The topological polar surface area (TPSA) is 118 Å². The highest BCUT2D eigenvalue weighted by Gasteiger charge is 2.17. The lowest BCUT2D eigenvalue weighted by atomic mass is 10.1. The van der Waals surface area contributed by atoms with Crippen LogP contribution < -0.4 is 5.32 Å². The molecule has 3 aromatic rings. The highest BCUT2D eigenvalue weighted by molar-refractivity contribution is 6.04.